The van der Waals surface area contributed by atoms with Crippen LogP contribution in [0.2, 0.25) is 0 Å². The van der Waals surface area contributed by atoms with Crippen molar-refractivity contribution in [2.24, 2.45) is 5.41 Å². The highest BCUT2D eigenvalue weighted by atomic mass is 16.6. The van der Waals surface area contributed by atoms with Crippen molar-refractivity contribution in [3.05, 3.63) is 65.7 Å². The number of amides is 1. The molecule has 2 aromatic rings. The fraction of sp³-hybridized carbons (Fsp3) is 0.364. The number of ether oxygens (including phenoxy) is 1. The highest BCUT2D eigenvalue weighted by Crippen LogP contribution is 2.62. The predicted molar refractivity (Wildman–Crippen MR) is 97.7 cm³/mol. The van der Waals surface area contributed by atoms with Gasteiger partial charge in [-0.2, -0.15) is 0 Å². The topological polar surface area (TPSA) is 55.4 Å². The van der Waals surface area contributed by atoms with Crippen molar-refractivity contribution in [3.63, 3.8) is 0 Å². The summed E-state index contributed by atoms with van der Waals surface area (Å²) < 4.78 is 6.06. The van der Waals surface area contributed by atoms with Gasteiger partial charge in [0.2, 0.25) is 5.91 Å². The standard InChI is InChI=1S/C22H21NO3/c24-19-22(14-15-8-2-1-3-9-15)18(16-10-4-5-11-17(16)23-19)21(26-20(22)25)12-6-7-13-21/h1-5,8-11,18H,6-7,12-14H2,(H,23,24)/t18-,22+/m0/s1. The number of anilines is 1. The van der Waals surface area contributed by atoms with Crippen LogP contribution < -0.4 is 5.32 Å². The lowest BCUT2D eigenvalue weighted by Gasteiger charge is -2.40. The number of carbonyl (C=O) groups is 2. The van der Waals surface area contributed by atoms with Gasteiger partial charge in [0.15, 0.2) is 5.41 Å². The quantitative estimate of drug-likeness (QED) is 0.664. The smallest absolute Gasteiger partial charge is 0.323 e. The van der Waals surface area contributed by atoms with Gasteiger partial charge in [0.25, 0.3) is 0 Å². The van der Waals surface area contributed by atoms with Gasteiger partial charge in [0.1, 0.15) is 5.60 Å². The van der Waals surface area contributed by atoms with Crippen LogP contribution in [0.4, 0.5) is 5.69 Å². The summed E-state index contributed by atoms with van der Waals surface area (Å²) in [5.74, 6) is -0.811. The Labute approximate surface area is 152 Å². The van der Waals surface area contributed by atoms with E-state index in [1.54, 1.807) is 0 Å². The van der Waals surface area contributed by atoms with Crippen LogP contribution in [0.3, 0.4) is 0 Å². The van der Waals surface area contributed by atoms with Gasteiger partial charge in [0.05, 0.1) is 5.92 Å². The van der Waals surface area contributed by atoms with Gasteiger partial charge in [0, 0.05) is 5.69 Å². The van der Waals surface area contributed by atoms with Crippen molar-refractivity contribution >= 4 is 17.6 Å². The van der Waals surface area contributed by atoms with Gasteiger partial charge in [-0.15, -0.1) is 0 Å². The van der Waals surface area contributed by atoms with Crippen molar-refractivity contribution in [2.45, 2.75) is 43.6 Å². The third-order valence-electron chi connectivity index (χ3n) is 6.38. The van der Waals surface area contributed by atoms with E-state index in [-0.39, 0.29) is 17.8 Å². The molecule has 132 valence electrons. The van der Waals surface area contributed by atoms with Crippen LogP contribution in [0.1, 0.15) is 42.7 Å². The molecule has 1 N–H and O–H groups in total. The van der Waals surface area contributed by atoms with E-state index >= 15 is 0 Å². The molecular weight excluding hydrogens is 326 g/mol. The second-order valence-electron chi connectivity index (χ2n) is 7.77. The molecule has 2 fully saturated rings. The fourth-order valence-electron chi connectivity index (χ4n) is 5.31. The Kier molecular flexibility index (Phi) is 3.27. The van der Waals surface area contributed by atoms with Gasteiger partial charge in [-0.1, -0.05) is 48.5 Å². The number of para-hydroxylation sites is 1. The van der Waals surface area contributed by atoms with E-state index in [1.807, 2.05) is 54.6 Å². The lowest BCUT2D eigenvalue weighted by molar-refractivity contribution is -0.156. The van der Waals surface area contributed by atoms with Crippen molar-refractivity contribution in [3.8, 4) is 0 Å². The van der Waals surface area contributed by atoms with E-state index in [9.17, 15) is 9.59 Å². The molecule has 1 aliphatic carbocycles. The number of fused-ring (bicyclic) bond motifs is 4. The third kappa shape index (κ3) is 1.96. The fourth-order valence-corrected chi connectivity index (χ4v) is 5.31. The molecule has 1 spiro atoms. The summed E-state index contributed by atoms with van der Waals surface area (Å²) in [5, 5.41) is 2.99. The molecule has 1 saturated heterocycles. The van der Waals surface area contributed by atoms with E-state index < -0.39 is 11.0 Å². The van der Waals surface area contributed by atoms with Crippen LogP contribution in [-0.2, 0) is 20.7 Å². The highest BCUT2D eigenvalue weighted by molar-refractivity contribution is 6.14. The van der Waals surface area contributed by atoms with Gasteiger partial charge in [-0.25, -0.2) is 0 Å². The Bertz CT molecular complexity index is 885. The number of carbonyl (C=O) groups excluding carboxylic acids is 2. The normalized spacial score (nSPS) is 28.4. The first-order valence-electron chi connectivity index (χ1n) is 9.33. The predicted octanol–water partition coefficient (Wildman–Crippen LogP) is 3.82. The molecule has 3 aliphatic rings. The Hall–Kier alpha value is -2.62. The van der Waals surface area contributed by atoms with Gasteiger partial charge in [-0.05, 0) is 49.3 Å². The van der Waals surface area contributed by atoms with Crippen LogP contribution >= 0.6 is 0 Å². The van der Waals surface area contributed by atoms with Crippen molar-refractivity contribution < 1.29 is 14.3 Å². The van der Waals surface area contributed by atoms with Crippen LogP contribution in [0.25, 0.3) is 0 Å². The highest BCUT2D eigenvalue weighted by Gasteiger charge is 2.70. The third-order valence-corrected chi connectivity index (χ3v) is 6.38. The molecule has 0 radical (unpaired) electrons. The SMILES string of the molecule is O=C1Nc2ccccc2[C@H]2C3(CCCC3)OC(=O)[C@@]12Cc1ccccc1. The summed E-state index contributed by atoms with van der Waals surface area (Å²) in [6.07, 6.45) is 4.12. The monoisotopic (exact) mass is 347 g/mol. The Morgan fingerprint density at radius 1 is 0.962 bits per heavy atom. The molecular formula is C22H21NO3. The van der Waals surface area contributed by atoms with Crippen LogP contribution in [0.15, 0.2) is 54.6 Å². The average molecular weight is 347 g/mol. The number of hydrogen-bond acceptors (Lipinski definition) is 3. The second kappa shape index (κ2) is 5.44. The summed E-state index contributed by atoms with van der Waals surface area (Å²) in [6, 6.07) is 17.7. The van der Waals surface area contributed by atoms with Crippen molar-refractivity contribution in [2.75, 3.05) is 5.32 Å². The molecule has 2 aromatic carbocycles. The van der Waals surface area contributed by atoms with Crippen molar-refractivity contribution in [1.29, 1.82) is 0 Å². The number of hydrogen-bond donors (Lipinski definition) is 1. The van der Waals surface area contributed by atoms with E-state index in [0.717, 1.165) is 42.5 Å². The average Bonchev–Trinajstić information content (AvgIpc) is 3.20. The maximum Gasteiger partial charge on any atom is 0.323 e. The molecule has 2 atom stereocenters. The molecule has 0 bridgehead atoms. The van der Waals surface area contributed by atoms with Gasteiger partial charge < -0.3 is 10.1 Å². The summed E-state index contributed by atoms with van der Waals surface area (Å²) in [4.78, 5) is 26.5. The largest absolute Gasteiger partial charge is 0.458 e. The lowest BCUT2D eigenvalue weighted by Crippen LogP contribution is -2.51. The molecule has 5 rings (SSSR count). The molecule has 1 saturated carbocycles. The molecule has 4 nitrogen and oxygen atoms in total. The Balaban J connectivity index is 1.72. The van der Waals surface area contributed by atoms with Gasteiger partial charge >= 0.3 is 5.97 Å². The minimum atomic E-state index is -1.18. The number of nitrogens with one attached hydrogen (secondary N) is 1. The van der Waals surface area contributed by atoms with E-state index in [0.29, 0.717) is 6.42 Å². The van der Waals surface area contributed by atoms with Crippen LogP contribution in [0.5, 0.6) is 0 Å². The lowest BCUT2D eigenvalue weighted by atomic mass is 9.61. The number of esters is 1. The van der Waals surface area contributed by atoms with Crippen LogP contribution in [0, 0.1) is 5.41 Å². The molecule has 0 aromatic heterocycles. The zero-order valence-corrected chi connectivity index (χ0v) is 14.5. The minimum absolute atomic E-state index is 0.223. The number of benzene rings is 2. The minimum Gasteiger partial charge on any atom is -0.458 e. The first-order valence-corrected chi connectivity index (χ1v) is 9.33. The first kappa shape index (κ1) is 15.6. The summed E-state index contributed by atoms with van der Waals surface area (Å²) in [7, 11) is 0. The Morgan fingerprint density at radius 3 is 2.42 bits per heavy atom. The number of rotatable bonds is 2. The zero-order valence-electron chi connectivity index (χ0n) is 14.5. The van der Waals surface area contributed by atoms with E-state index in [2.05, 4.69) is 5.32 Å². The molecule has 2 heterocycles. The summed E-state index contributed by atoms with van der Waals surface area (Å²) in [6.45, 7) is 0. The molecule has 2 aliphatic heterocycles. The summed E-state index contributed by atoms with van der Waals surface area (Å²) in [5.41, 5.74) is 1.12. The molecule has 26 heavy (non-hydrogen) atoms. The maximum atomic E-state index is 13.3. The first-order chi connectivity index (χ1) is 12.7. The van der Waals surface area contributed by atoms with E-state index in [1.165, 1.54) is 0 Å². The molecule has 0 unspecified atom stereocenters. The summed E-state index contributed by atoms with van der Waals surface area (Å²) >= 11 is 0. The molecule has 1 amide bonds. The zero-order chi connectivity index (χ0) is 17.8. The van der Waals surface area contributed by atoms with Gasteiger partial charge in [-0.3, -0.25) is 9.59 Å². The second-order valence-corrected chi connectivity index (χ2v) is 7.77. The Morgan fingerprint density at radius 2 is 1.65 bits per heavy atom. The molecule has 4 heteroatoms. The van der Waals surface area contributed by atoms with Crippen LogP contribution in [-0.4, -0.2) is 17.5 Å². The maximum absolute atomic E-state index is 13.3. The van der Waals surface area contributed by atoms with Crippen molar-refractivity contribution in [1.82, 2.24) is 0 Å². The van der Waals surface area contributed by atoms with E-state index in [4.69, 9.17) is 4.74 Å².